The van der Waals surface area contributed by atoms with Gasteiger partial charge in [-0.1, -0.05) is 12.1 Å². The van der Waals surface area contributed by atoms with E-state index in [2.05, 4.69) is 5.32 Å². The minimum absolute atomic E-state index is 0.0302. The van der Waals surface area contributed by atoms with Gasteiger partial charge < -0.3 is 20.1 Å². The zero-order chi connectivity index (χ0) is 16.1. The third-order valence-electron chi connectivity index (χ3n) is 4.60. The van der Waals surface area contributed by atoms with Gasteiger partial charge in [0.1, 0.15) is 0 Å². The highest BCUT2D eigenvalue weighted by Gasteiger charge is 2.26. The molecule has 5 nitrogen and oxygen atoms in total. The van der Waals surface area contributed by atoms with Crippen LogP contribution in [0.15, 0.2) is 24.3 Å². The first-order valence-corrected chi connectivity index (χ1v) is 8.61. The van der Waals surface area contributed by atoms with Gasteiger partial charge in [0.25, 0.3) is 0 Å². The predicted molar refractivity (Wildman–Crippen MR) is 89.3 cm³/mol. The van der Waals surface area contributed by atoms with Crippen molar-refractivity contribution in [3.8, 4) is 0 Å². The van der Waals surface area contributed by atoms with Crippen LogP contribution >= 0.6 is 0 Å². The van der Waals surface area contributed by atoms with E-state index in [1.165, 1.54) is 12.8 Å². The zero-order valence-corrected chi connectivity index (χ0v) is 13.5. The molecule has 1 aliphatic carbocycles. The lowest BCUT2D eigenvalue weighted by atomic mass is 10.0. The van der Waals surface area contributed by atoms with E-state index in [9.17, 15) is 9.90 Å². The summed E-state index contributed by atoms with van der Waals surface area (Å²) in [6.07, 6.45) is 5.52. The van der Waals surface area contributed by atoms with Gasteiger partial charge in [-0.05, 0) is 55.7 Å². The highest BCUT2D eigenvalue weighted by atomic mass is 16.5. The van der Waals surface area contributed by atoms with Gasteiger partial charge in [-0.2, -0.15) is 0 Å². The van der Waals surface area contributed by atoms with Crippen molar-refractivity contribution in [2.24, 2.45) is 5.92 Å². The molecule has 1 aromatic carbocycles. The number of aliphatic hydroxyl groups is 1. The fourth-order valence-electron chi connectivity index (χ4n) is 3.02. The molecule has 3 rings (SSSR count). The summed E-state index contributed by atoms with van der Waals surface area (Å²) in [5, 5.41) is 12.4. The third kappa shape index (κ3) is 4.69. The van der Waals surface area contributed by atoms with Crippen molar-refractivity contribution >= 4 is 11.7 Å². The van der Waals surface area contributed by atoms with Gasteiger partial charge in [-0.15, -0.1) is 0 Å². The first-order valence-electron chi connectivity index (χ1n) is 8.61. The normalized spacial score (nSPS) is 21.3. The van der Waals surface area contributed by atoms with E-state index in [0.717, 1.165) is 43.0 Å². The molecule has 23 heavy (non-hydrogen) atoms. The molecule has 1 aliphatic heterocycles. The number of anilines is 1. The summed E-state index contributed by atoms with van der Waals surface area (Å²) >= 11 is 0. The number of carbonyl (C=O) groups is 1. The standard InChI is InChI=1S/C18H26N2O3/c21-11-17-6-1-2-9-20(17)18(22)19-16-5-3-4-15(10-16)13-23-12-14-7-8-14/h3-5,10,14,17,21H,1-2,6-9,11-13H2,(H,19,22). The summed E-state index contributed by atoms with van der Waals surface area (Å²) in [6, 6.07) is 7.61. The molecule has 1 saturated carbocycles. The Kier molecular flexibility index (Phi) is 5.51. The van der Waals surface area contributed by atoms with Crippen LogP contribution in [0.4, 0.5) is 10.5 Å². The van der Waals surface area contributed by atoms with Crippen LogP contribution in [-0.4, -0.2) is 41.8 Å². The Morgan fingerprint density at radius 2 is 2.17 bits per heavy atom. The lowest BCUT2D eigenvalue weighted by Gasteiger charge is -2.34. The van der Waals surface area contributed by atoms with Crippen molar-refractivity contribution in [1.82, 2.24) is 4.90 Å². The zero-order valence-electron chi connectivity index (χ0n) is 13.5. The number of benzene rings is 1. The Hall–Kier alpha value is -1.59. The van der Waals surface area contributed by atoms with Crippen LogP contribution in [0.1, 0.15) is 37.7 Å². The summed E-state index contributed by atoms with van der Waals surface area (Å²) in [6.45, 7) is 2.16. The highest BCUT2D eigenvalue weighted by molar-refractivity contribution is 5.89. The number of nitrogens with one attached hydrogen (secondary N) is 1. The van der Waals surface area contributed by atoms with Crippen LogP contribution in [0, 0.1) is 5.92 Å². The predicted octanol–water partition coefficient (Wildman–Crippen LogP) is 2.99. The Labute approximate surface area is 137 Å². The molecule has 1 atom stereocenters. The van der Waals surface area contributed by atoms with Crippen molar-refractivity contribution in [2.45, 2.75) is 44.8 Å². The van der Waals surface area contributed by atoms with E-state index >= 15 is 0 Å². The molecule has 5 heteroatoms. The minimum Gasteiger partial charge on any atom is -0.394 e. The summed E-state index contributed by atoms with van der Waals surface area (Å²) in [4.78, 5) is 14.2. The molecule has 2 fully saturated rings. The van der Waals surface area contributed by atoms with Crippen LogP contribution in [0.5, 0.6) is 0 Å². The lowest BCUT2D eigenvalue weighted by Crippen LogP contribution is -2.47. The van der Waals surface area contributed by atoms with Gasteiger partial charge in [-0.25, -0.2) is 4.79 Å². The SMILES string of the molecule is O=C(Nc1cccc(COCC2CC2)c1)N1CCCCC1CO. The number of piperidine rings is 1. The number of carbonyl (C=O) groups excluding carboxylic acids is 1. The summed E-state index contributed by atoms with van der Waals surface area (Å²) < 4.78 is 5.70. The van der Waals surface area contributed by atoms with Gasteiger partial charge in [0.2, 0.25) is 0 Å². The molecule has 1 aromatic rings. The van der Waals surface area contributed by atoms with Crippen LogP contribution in [0.3, 0.4) is 0 Å². The molecule has 0 aromatic heterocycles. The molecule has 126 valence electrons. The van der Waals surface area contributed by atoms with E-state index in [4.69, 9.17) is 4.74 Å². The number of urea groups is 1. The van der Waals surface area contributed by atoms with Crippen molar-refractivity contribution < 1.29 is 14.6 Å². The highest BCUT2D eigenvalue weighted by Crippen LogP contribution is 2.29. The number of hydrogen-bond donors (Lipinski definition) is 2. The van der Waals surface area contributed by atoms with Crippen molar-refractivity contribution in [3.05, 3.63) is 29.8 Å². The summed E-state index contributed by atoms with van der Waals surface area (Å²) in [5.74, 6) is 0.757. The smallest absolute Gasteiger partial charge is 0.322 e. The first kappa shape index (κ1) is 16.3. The lowest BCUT2D eigenvalue weighted by molar-refractivity contribution is 0.111. The second-order valence-electron chi connectivity index (χ2n) is 6.61. The number of ether oxygens (including phenoxy) is 1. The van der Waals surface area contributed by atoms with Crippen molar-refractivity contribution in [1.29, 1.82) is 0 Å². The molecule has 1 heterocycles. The minimum atomic E-state index is -0.125. The maximum absolute atomic E-state index is 12.4. The maximum atomic E-state index is 12.4. The first-order chi connectivity index (χ1) is 11.3. The van der Waals surface area contributed by atoms with Crippen LogP contribution < -0.4 is 5.32 Å². The molecule has 2 amide bonds. The molecule has 0 bridgehead atoms. The molecule has 2 N–H and O–H groups in total. The number of rotatable bonds is 6. The Bertz CT molecular complexity index is 531. The van der Waals surface area contributed by atoms with E-state index < -0.39 is 0 Å². The topological polar surface area (TPSA) is 61.8 Å². The fraction of sp³-hybridized carbons (Fsp3) is 0.611. The monoisotopic (exact) mass is 318 g/mol. The fourth-order valence-corrected chi connectivity index (χ4v) is 3.02. The summed E-state index contributed by atoms with van der Waals surface area (Å²) in [5.41, 5.74) is 1.85. The van der Waals surface area contributed by atoms with E-state index in [1.807, 2.05) is 24.3 Å². The van der Waals surface area contributed by atoms with E-state index in [1.54, 1.807) is 4.90 Å². The van der Waals surface area contributed by atoms with Gasteiger partial charge >= 0.3 is 6.03 Å². The van der Waals surface area contributed by atoms with Crippen molar-refractivity contribution in [3.63, 3.8) is 0 Å². The molecule has 0 radical (unpaired) electrons. The molecular formula is C18H26N2O3. The quantitative estimate of drug-likeness (QED) is 0.847. The van der Waals surface area contributed by atoms with Crippen LogP contribution in [0.25, 0.3) is 0 Å². The number of nitrogens with zero attached hydrogens (tertiary/aromatic N) is 1. The molecule has 2 aliphatic rings. The number of hydrogen-bond acceptors (Lipinski definition) is 3. The maximum Gasteiger partial charge on any atom is 0.322 e. The van der Waals surface area contributed by atoms with Gasteiger partial charge in [0.05, 0.1) is 19.3 Å². The van der Waals surface area contributed by atoms with Crippen molar-refractivity contribution in [2.75, 3.05) is 25.1 Å². The Morgan fingerprint density at radius 3 is 2.96 bits per heavy atom. The molecule has 1 saturated heterocycles. The Morgan fingerprint density at radius 1 is 1.30 bits per heavy atom. The largest absolute Gasteiger partial charge is 0.394 e. The van der Waals surface area contributed by atoms with E-state index in [0.29, 0.717) is 13.2 Å². The molecule has 1 unspecified atom stereocenters. The van der Waals surface area contributed by atoms with Gasteiger partial charge in [0, 0.05) is 18.8 Å². The number of amides is 2. The second kappa shape index (κ2) is 7.79. The van der Waals surface area contributed by atoms with Gasteiger partial charge in [0.15, 0.2) is 0 Å². The molecular weight excluding hydrogens is 292 g/mol. The van der Waals surface area contributed by atoms with Crippen LogP contribution in [0.2, 0.25) is 0 Å². The molecule has 0 spiro atoms. The average Bonchev–Trinajstić information content (AvgIpc) is 3.39. The summed E-state index contributed by atoms with van der Waals surface area (Å²) in [7, 11) is 0. The number of likely N-dealkylation sites (tertiary alicyclic amines) is 1. The van der Waals surface area contributed by atoms with Crippen LogP contribution in [-0.2, 0) is 11.3 Å². The Balaban J connectivity index is 1.54. The third-order valence-corrected chi connectivity index (χ3v) is 4.60. The average molecular weight is 318 g/mol. The van der Waals surface area contributed by atoms with E-state index in [-0.39, 0.29) is 18.7 Å². The van der Waals surface area contributed by atoms with Gasteiger partial charge in [-0.3, -0.25) is 0 Å². The second-order valence-corrected chi connectivity index (χ2v) is 6.61. The number of aliphatic hydroxyl groups excluding tert-OH is 1.